The van der Waals surface area contributed by atoms with Gasteiger partial charge < -0.3 is 15.2 Å². The van der Waals surface area contributed by atoms with Crippen LogP contribution in [0.2, 0.25) is 0 Å². The van der Waals surface area contributed by atoms with E-state index in [1.54, 1.807) is 6.20 Å². The molecule has 0 aromatic carbocycles. The van der Waals surface area contributed by atoms with Crippen molar-refractivity contribution in [2.75, 3.05) is 19.0 Å². The van der Waals surface area contributed by atoms with E-state index in [9.17, 15) is 4.79 Å². The van der Waals surface area contributed by atoms with Crippen LogP contribution < -0.4 is 5.32 Å². The Bertz CT molecular complexity index is 384. The van der Waals surface area contributed by atoms with Crippen molar-refractivity contribution in [3.8, 4) is 0 Å². The number of hydrogen-bond acceptors (Lipinski definition) is 5. The summed E-state index contributed by atoms with van der Waals surface area (Å²) in [4.78, 5) is 15.3. The van der Waals surface area contributed by atoms with Crippen LogP contribution in [0.3, 0.4) is 0 Å². The van der Waals surface area contributed by atoms with Gasteiger partial charge in [-0.15, -0.1) is 0 Å². The summed E-state index contributed by atoms with van der Waals surface area (Å²) in [6.45, 7) is 1.55. The molecule has 0 bridgehead atoms. The number of rotatable bonds is 4. The minimum absolute atomic E-state index is 0.352. The monoisotopic (exact) mass is 288 g/mol. The number of hydrogen-bond donors (Lipinski definition) is 2. The summed E-state index contributed by atoms with van der Waals surface area (Å²) in [5, 5.41) is 11.8. The third kappa shape index (κ3) is 2.93. The fourth-order valence-electron chi connectivity index (χ4n) is 1.13. The first-order chi connectivity index (χ1) is 7.60. The summed E-state index contributed by atoms with van der Waals surface area (Å²) in [6, 6.07) is 1.03. The molecule has 0 aliphatic carbocycles. The third-order valence-corrected chi connectivity index (χ3v) is 3.06. The number of carbonyl (C=O) groups excluding carboxylic acids is 1. The zero-order chi connectivity index (χ0) is 12.1. The van der Waals surface area contributed by atoms with Crippen molar-refractivity contribution in [3.05, 3.63) is 22.3 Å². The predicted molar refractivity (Wildman–Crippen MR) is 63.2 cm³/mol. The molecule has 0 amide bonds. The van der Waals surface area contributed by atoms with Gasteiger partial charge in [0.25, 0.3) is 0 Å². The van der Waals surface area contributed by atoms with Crippen LogP contribution in [0.1, 0.15) is 5.56 Å². The number of pyridine rings is 1. The van der Waals surface area contributed by atoms with Gasteiger partial charge in [0.15, 0.2) is 0 Å². The van der Waals surface area contributed by atoms with Crippen LogP contribution in [0, 0.1) is 6.92 Å². The standard InChI is InChI=1S/C10H13BrN2O3/c1-6-3-4-12-9(8(6)11)13-7(5-14)10(15)16-2/h3-4,7,14H,5H2,1-2H3,(H,12,13). The van der Waals surface area contributed by atoms with Crippen LogP contribution in [-0.4, -0.2) is 35.8 Å². The third-order valence-electron chi connectivity index (χ3n) is 2.06. The zero-order valence-corrected chi connectivity index (χ0v) is 10.6. The molecule has 0 saturated carbocycles. The second-order valence-electron chi connectivity index (χ2n) is 3.19. The molecule has 0 aliphatic rings. The van der Waals surface area contributed by atoms with Gasteiger partial charge in [-0.25, -0.2) is 9.78 Å². The molecular weight excluding hydrogens is 276 g/mol. The molecule has 2 N–H and O–H groups in total. The largest absolute Gasteiger partial charge is 0.467 e. The molecule has 1 atom stereocenters. The number of aliphatic hydroxyl groups is 1. The summed E-state index contributed by atoms with van der Waals surface area (Å²) in [6.07, 6.45) is 1.62. The van der Waals surface area contributed by atoms with Gasteiger partial charge >= 0.3 is 5.97 Å². The lowest BCUT2D eigenvalue weighted by Gasteiger charge is -2.15. The molecule has 0 saturated heterocycles. The van der Waals surface area contributed by atoms with Crippen molar-refractivity contribution in [2.24, 2.45) is 0 Å². The Morgan fingerprint density at radius 1 is 1.75 bits per heavy atom. The minimum atomic E-state index is -0.810. The molecule has 1 aromatic heterocycles. The van der Waals surface area contributed by atoms with Crippen LogP contribution >= 0.6 is 15.9 Å². The minimum Gasteiger partial charge on any atom is -0.467 e. The van der Waals surface area contributed by atoms with Crippen LogP contribution in [0.4, 0.5) is 5.82 Å². The maximum Gasteiger partial charge on any atom is 0.330 e. The van der Waals surface area contributed by atoms with Crippen molar-refractivity contribution in [3.63, 3.8) is 0 Å². The van der Waals surface area contributed by atoms with Crippen molar-refractivity contribution in [2.45, 2.75) is 13.0 Å². The van der Waals surface area contributed by atoms with E-state index < -0.39 is 12.0 Å². The number of aryl methyl sites for hydroxylation is 1. The van der Waals surface area contributed by atoms with Gasteiger partial charge in [-0.1, -0.05) is 0 Å². The summed E-state index contributed by atoms with van der Waals surface area (Å²) < 4.78 is 5.30. The number of methoxy groups -OCH3 is 1. The molecule has 0 aliphatic heterocycles. The van der Waals surface area contributed by atoms with Crippen LogP contribution in [0.25, 0.3) is 0 Å². The van der Waals surface area contributed by atoms with E-state index in [1.165, 1.54) is 7.11 Å². The number of aliphatic hydroxyl groups excluding tert-OH is 1. The Labute approximate surface area is 102 Å². The van der Waals surface area contributed by atoms with Crippen LogP contribution in [0.15, 0.2) is 16.7 Å². The molecule has 1 aromatic rings. The first-order valence-corrected chi connectivity index (χ1v) is 5.45. The molecule has 0 spiro atoms. The molecule has 1 heterocycles. The van der Waals surface area contributed by atoms with E-state index >= 15 is 0 Å². The maximum absolute atomic E-state index is 11.3. The summed E-state index contributed by atoms with van der Waals surface area (Å²) in [5.74, 6) is -0.0258. The Morgan fingerprint density at radius 3 is 3.00 bits per heavy atom. The van der Waals surface area contributed by atoms with Gasteiger partial charge in [-0.2, -0.15) is 0 Å². The van der Waals surface area contributed by atoms with Crippen molar-refractivity contribution >= 4 is 27.7 Å². The number of aromatic nitrogens is 1. The average molecular weight is 289 g/mol. The highest BCUT2D eigenvalue weighted by molar-refractivity contribution is 9.10. The quantitative estimate of drug-likeness (QED) is 0.812. The van der Waals surface area contributed by atoms with E-state index in [4.69, 9.17) is 5.11 Å². The van der Waals surface area contributed by atoms with Gasteiger partial charge in [0, 0.05) is 6.20 Å². The molecular formula is C10H13BrN2O3. The molecule has 88 valence electrons. The number of carbonyl (C=O) groups is 1. The second kappa shape index (κ2) is 5.81. The molecule has 1 unspecified atom stereocenters. The molecule has 0 radical (unpaired) electrons. The maximum atomic E-state index is 11.3. The van der Waals surface area contributed by atoms with Crippen molar-refractivity contribution < 1.29 is 14.6 Å². The fraction of sp³-hybridized carbons (Fsp3) is 0.400. The highest BCUT2D eigenvalue weighted by Crippen LogP contribution is 2.23. The summed E-state index contributed by atoms with van der Waals surface area (Å²) >= 11 is 3.35. The number of anilines is 1. The van der Waals surface area contributed by atoms with Gasteiger partial charge in [0.05, 0.1) is 18.2 Å². The Balaban J connectivity index is 2.86. The van der Waals surface area contributed by atoms with Gasteiger partial charge in [0.2, 0.25) is 0 Å². The number of nitrogens with one attached hydrogen (secondary N) is 1. The molecule has 0 fully saturated rings. The predicted octanol–water partition coefficient (Wildman–Crippen LogP) is 1.10. The van der Waals surface area contributed by atoms with E-state index in [0.29, 0.717) is 5.82 Å². The topological polar surface area (TPSA) is 71.5 Å². The lowest BCUT2D eigenvalue weighted by atomic mass is 10.2. The van der Waals surface area contributed by atoms with Gasteiger partial charge in [0.1, 0.15) is 11.9 Å². The number of halogens is 1. The molecule has 16 heavy (non-hydrogen) atoms. The van der Waals surface area contributed by atoms with E-state index in [1.807, 2.05) is 13.0 Å². The van der Waals surface area contributed by atoms with Crippen LogP contribution in [-0.2, 0) is 9.53 Å². The number of nitrogens with zero attached hydrogens (tertiary/aromatic N) is 1. The first kappa shape index (κ1) is 12.9. The van der Waals surface area contributed by atoms with Gasteiger partial charge in [-0.05, 0) is 34.5 Å². The Kier molecular flexibility index (Phi) is 4.70. The lowest BCUT2D eigenvalue weighted by molar-refractivity contribution is -0.142. The molecule has 1 rings (SSSR count). The van der Waals surface area contributed by atoms with Gasteiger partial charge in [-0.3, -0.25) is 0 Å². The zero-order valence-electron chi connectivity index (χ0n) is 9.03. The number of esters is 1. The van der Waals surface area contributed by atoms with Crippen molar-refractivity contribution in [1.82, 2.24) is 4.98 Å². The van der Waals surface area contributed by atoms with Crippen molar-refractivity contribution in [1.29, 1.82) is 0 Å². The van der Waals surface area contributed by atoms with E-state index in [-0.39, 0.29) is 6.61 Å². The Morgan fingerprint density at radius 2 is 2.44 bits per heavy atom. The number of ether oxygens (including phenoxy) is 1. The lowest BCUT2D eigenvalue weighted by Crippen LogP contribution is -2.34. The van der Waals surface area contributed by atoms with Crippen LogP contribution in [0.5, 0.6) is 0 Å². The highest BCUT2D eigenvalue weighted by Gasteiger charge is 2.19. The smallest absolute Gasteiger partial charge is 0.330 e. The fourth-order valence-corrected chi connectivity index (χ4v) is 1.48. The molecule has 5 nitrogen and oxygen atoms in total. The summed E-state index contributed by atoms with van der Waals surface area (Å²) in [7, 11) is 1.27. The van der Waals surface area contributed by atoms with E-state index in [0.717, 1.165) is 10.0 Å². The highest BCUT2D eigenvalue weighted by atomic mass is 79.9. The SMILES string of the molecule is COC(=O)C(CO)Nc1nccc(C)c1Br. The first-order valence-electron chi connectivity index (χ1n) is 4.66. The average Bonchev–Trinajstić information content (AvgIpc) is 2.30. The van der Waals surface area contributed by atoms with E-state index in [2.05, 4.69) is 31.0 Å². The second-order valence-corrected chi connectivity index (χ2v) is 3.99. The summed E-state index contributed by atoms with van der Waals surface area (Å²) in [5.41, 5.74) is 0.985. The normalized spacial score (nSPS) is 12.0. The molecule has 6 heteroatoms. The Hall–Kier alpha value is -1.14.